The van der Waals surface area contributed by atoms with Crippen LogP contribution in [0.5, 0.6) is 0 Å². The van der Waals surface area contributed by atoms with Gasteiger partial charge in [-0.2, -0.15) is 0 Å². The van der Waals surface area contributed by atoms with Gasteiger partial charge in [0.15, 0.2) is 0 Å². The molecular weight excluding hydrogens is 268 g/mol. The van der Waals surface area contributed by atoms with Gasteiger partial charge in [-0.3, -0.25) is 4.79 Å². The highest BCUT2D eigenvalue weighted by atomic mass is 16.4. The van der Waals surface area contributed by atoms with Crippen molar-refractivity contribution in [3.8, 4) is 0 Å². The van der Waals surface area contributed by atoms with Gasteiger partial charge >= 0.3 is 5.63 Å². The van der Waals surface area contributed by atoms with Crippen LogP contribution in [0.15, 0.2) is 46.1 Å². The van der Waals surface area contributed by atoms with Crippen molar-refractivity contribution in [3.63, 3.8) is 0 Å². The first-order valence-electron chi connectivity index (χ1n) is 6.85. The molecule has 0 saturated carbocycles. The van der Waals surface area contributed by atoms with Crippen molar-refractivity contribution in [2.75, 3.05) is 23.3 Å². The average Bonchev–Trinajstić information content (AvgIpc) is 2.49. The molecule has 2 aromatic rings. The van der Waals surface area contributed by atoms with Crippen molar-refractivity contribution in [1.29, 1.82) is 0 Å². The van der Waals surface area contributed by atoms with E-state index in [2.05, 4.69) is 30.6 Å². The zero-order chi connectivity index (χ0) is 15.4. The predicted molar refractivity (Wildman–Crippen MR) is 84.9 cm³/mol. The summed E-state index contributed by atoms with van der Waals surface area (Å²) in [5.74, 6) is -0.443. The lowest BCUT2D eigenvalue weighted by atomic mass is 10.2. The maximum absolute atomic E-state index is 11.9. The van der Waals surface area contributed by atoms with Crippen molar-refractivity contribution in [2.24, 2.45) is 0 Å². The number of carbonyl (C=O) groups excluding carboxylic acids is 1. The minimum Gasteiger partial charge on any atom is -0.421 e. The fraction of sp³-hybridized carbons (Fsp3) is 0.250. The van der Waals surface area contributed by atoms with Gasteiger partial charge < -0.3 is 14.6 Å². The van der Waals surface area contributed by atoms with Crippen molar-refractivity contribution in [1.82, 2.24) is 0 Å². The number of carbonyl (C=O) groups is 1. The number of anilines is 2. The molecule has 0 aliphatic rings. The highest BCUT2D eigenvalue weighted by Crippen LogP contribution is 2.22. The molecule has 0 spiro atoms. The molecule has 0 bridgehead atoms. The summed E-state index contributed by atoms with van der Waals surface area (Å²) in [6, 6.07) is 7.28. The SMILES string of the molecule is C=CC(=O)Nc1cc2ccc(N(CC)CC)cc2oc1=O. The maximum atomic E-state index is 11.9. The fourth-order valence-corrected chi connectivity index (χ4v) is 2.16. The van der Waals surface area contributed by atoms with Gasteiger partial charge in [-0.1, -0.05) is 6.58 Å². The summed E-state index contributed by atoms with van der Waals surface area (Å²) >= 11 is 0. The number of amides is 1. The molecule has 0 atom stereocenters. The standard InChI is InChI=1S/C16H18N2O3/c1-4-15(19)17-13-9-11-7-8-12(18(5-2)6-3)10-14(11)21-16(13)20/h4,7-10H,1,5-6H2,2-3H3,(H,17,19). The van der Waals surface area contributed by atoms with Crippen LogP contribution in [0.25, 0.3) is 11.0 Å². The first kappa shape index (κ1) is 14.8. The highest BCUT2D eigenvalue weighted by molar-refractivity contribution is 5.99. The Balaban J connectivity index is 2.47. The van der Waals surface area contributed by atoms with E-state index in [0.717, 1.165) is 30.2 Å². The monoisotopic (exact) mass is 286 g/mol. The van der Waals surface area contributed by atoms with Gasteiger partial charge in [-0.05, 0) is 38.1 Å². The summed E-state index contributed by atoms with van der Waals surface area (Å²) in [6.45, 7) is 9.23. The minimum absolute atomic E-state index is 0.114. The molecule has 1 amide bonds. The number of fused-ring (bicyclic) bond motifs is 1. The molecule has 0 fully saturated rings. The largest absolute Gasteiger partial charge is 0.421 e. The number of rotatable bonds is 5. The molecule has 1 heterocycles. The van der Waals surface area contributed by atoms with Crippen molar-refractivity contribution >= 4 is 28.3 Å². The molecule has 0 aliphatic carbocycles. The first-order valence-corrected chi connectivity index (χ1v) is 6.85. The Labute approximate surface area is 122 Å². The maximum Gasteiger partial charge on any atom is 0.360 e. The molecule has 0 aliphatic heterocycles. The molecular formula is C16H18N2O3. The van der Waals surface area contributed by atoms with Crippen LogP contribution in [0.4, 0.5) is 11.4 Å². The molecule has 5 heteroatoms. The third-order valence-electron chi connectivity index (χ3n) is 3.29. The van der Waals surface area contributed by atoms with Crippen molar-refractivity contribution < 1.29 is 9.21 Å². The van der Waals surface area contributed by atoms with Crippen molar-refractivity contribution in [3.05, 3.63) is 47.3 Å². The van der Waals surface area contributed by atoms with E-state index in [-0.39, 0.29) is 5.69 Å². The summed E-state index contributed by atoms with van der Waals surface area (Å²) in [5.41, 5.74) is 1.04. The lowest BCUT2D eigenvalue weighted by Gasteiger charge is -2.21. The molecule has 1 aromatic carbocycles. The van der Waals surface area contributed by atoms with Crippen LogP contribution in [-0.2, 0) is 4.79 Å². The number of hydrogen-bond donors (Lipinski definition) is 1. The topological polar surface area (TPSA) is 62.6 Å². The van der Waals surface area contributed by atoms with Crippen LogP contribution < -0.4 is 15.8 Å². The third-order valence-corrected chi connectivity index (χ3v) is 3.29. The van der Waals surface area contributed by atoms with E-state index >= 15 is 0 Å². The van der Waals surface area contributed by atoms with Gasteiger partial charge in [0.2, 0.25) is 5.91 Å². The molecule has 0 unspecified atom stereocenters. The van der Waals surface area contributed by atoms with E-state index in [1.54, 1.807) is 6.07 Å². The smallest absolute Gasteiger partial charge is 0.360 e. The van der Waals surface area contributed by atoms with Gasteiger partial charge in [-0.25, -0.2) is 4.79 Å². The van der Waals surface area contributed by atoms with Crippen LogP contribution in [0.1, 0.15) is 13.8 Å². The summed E-state index contributed by atoms with van der Waals surface area (Å²) in [7, 11) is 0. The zero-order valence-corrected chi connectivity index (χ0v) is 12.2. The quantitative estimate of drug-likeness (QED) is 0.678. The second-order valence-corrected chi connectivity index (χ2v) is 4.54. The minimum atomic E-state index is -0.575. The van der Waals surface area contributed by atoms with Crippen LogP contribution in [-0.4, -0.2) is 19.0 Å². The second kappa shape index (κ2) is 6.26. The average molecular weight is 286 g/mol. The van der Waals surface area contributed by atoms with E-state index in [0.29, 0.717) is 5.58 Å². The Morgan fingerprint density at radius 2 is 2.05 bits per heavy atom. The molecule has 2 rings (SSSR count). The van der Waals surface area contributed by atoms with E-state index < -0.39 is 11.5 Å². The number of nitrogens with one attached hydrogen (secondary N) is 1. The Bertz CT molecular complexity index is 730. The Kier molecular flexibility index (Phi) is 4.42. The lowest BCUT2D eigenvalue weighted by molar-refractivity contribution is -0.111. The molecule has 1 aromatic heterocycles. The number of benzene rings is 1. The van der Waals surface area contributed by atoms with Gasteiger partial charge in [-0.15, -0.1) is 0 Å². The van der Waals surface area contributed by atoms with Crippen LogP contribution in [0.2, 0.25) is 0 Å². The molecule has 5 nitrogen and oxygen atoms in total. The molecule has 0 radical (unpaired) electrons. The van der Waals surface area contributed by atoms with Crippen LogP contribution >= 0.6 is 0 Å². The fourth-order valence-electron chi connectivity index (χ4n) is 2.16. The number of nitrogens with zero attached hydrogens (tertiary/aromatic N) is 1. The Morgan fingerprint density at radius 1 is 1.33 bits per heavy atom. The van der Waals surface area contributed by atoms with E-state index in [1.807, 2.05) is 18.2 Å². The van der Waals surface area contributed by atoms with Crippen molar-refractivity contribution in [2.45, 2.75) is 13.8 Å². The lowest BCUT2D eigenvalue weighted by Crippen LogP contribution is -2.21. The molecule has 21 heavy (non-hydrogen) atoms. The van der Waals surface area contributed by atoms with Gasteiger partial charge in [0.1, 0.15) is 11.3 Å². The molecule has 110 valence electrons. The highest BCUT2D eigenvalue weighted by Gasteiger charge is 2.09. The first-order chi connectivity index (χ1) is 10.1. The molecule has 1 N–H and O–H groups in total. The summed E-state index contributed by atoms with van der Waals surface area (Å²) in [6.07, 6.45) is 1.10. The van der Waals surface area contributed by atoms with E-state index in [1.165, 1.54) is 0 Å². The van der Waals surface area contributed by atoms with Gasteiger partial charge in [0.25, 0.3) is 0 Å². The van der Waals surface area contributed by atoms with E-state index in [9.17, 15) is 9.59 Å². The molecule has 0 saturated heterocycles. The predicted octanol–water partition coefficient (Wildman–Crippen LogP) is 2.76. The normalized spacial score (nSPS) is 10.4. The summed E-state index contributed by atoms with van der Waals surface area (Å²) in [5, 5.41) is 3.19. The van der Waals surface area contributed by atoms with E-state index in [4.69, 9.17) is 4.42 Å². The number of hydrogen-bond acceptors (Lipinski definition) is 4. The Hall–Kier alpha value is -2.56. The third kappa shape index (κ3) is 3.13. The summed E-state index contributed by atoms with van der Waals surface area (Å²) < 4.78 is 5.29. The summed E-state index contributed by atoms with van der Waals surface area (Å²) in [4.78, 5) is 25.3. The van der Waals surface area contributed by atoms with Crippen LogP contribution in [0.3, 0.4) is 0 Å². The van der Waals surface area contributed by atoms with Gasteiger partial charge in [0, 0.05) is 30.2 Å². The second-order valence-electron chi connectivity index (χ2n) is 4.54. The Morgan fingerprint density at radius 3 is 2.67 bits per heavy atom. The van der Waals surface area contributed by atoms with Crippen LogP contribution in [0, 0.1) is 0 Å². The zero-order valence-electron chi connectivity index (χ0n) is 12.2. The van der Waals surface area contributed by atoms with Gasteiger partial charge in [0.05, 0.1) is 0 Å².